The number of nitrogens with two attached hydrogens (primary N) is 1. The van der Waals surface area contributed by atoms with Crippen molar-refractivity contribution < 1.29 is 4.42 Å². The van der Waals surface area contributed by atoms with E-state index in [0.717, 1.165) is 35.0 Å². The second-order valence-electron chi connectivity index (χ2n) is 4.89. The molecule has 0 aliphatic rings. The van der Waals surface area contributed by atoms with Gasteiger partial charge in [0.1, 0.15) is 5.76 Å². The van der Waals surface area contributed by atoms with E-state index in [2.05, 4.69) is 11.0 Å². The molecule has 1 atom stereocenters. The SMILES string of the molecule is CC(N)Cc1ccc(N(C)Cc2ccco2)cc1Cl. The summed E-state index contributed by atoms with van der Waals surface area (Å²) < 4.78 is 5.34. The van der Waals surface area contributed by atoms with E-state index >= 15 is 0 Å². The molecular weight excluding hydrogens is 260 g/mol. The third-order valence-corrected chi connectivity index (χ3v) is 3.34. The van der Waals surface area contributed by atoms with Gasteiger partial charge in [-0.25, -0.2) is 0 Å². The maximum absolute atomic E-state index is 6.29. The van der Waals surface area contributed by atoms with Crippen LogP contribution in [0.25, 0.3) is 0 Å². The monoisotopic (exact) mass is 278 g/mol. The minimum atomic E-state index is 0.115. The molecule has 0 saturated heterocycles. The molecule has 0 amide bonds. The van der Waals surface area contributed by atoms with E-state index in [1.807, 2.05) is 38.2 Å². The molecule has 1 heterocycles. The number of furan rings is 1. The van der Waals surface area contributed by atoms with Crippen LogP contribution in [-0.4, -0.2) is 13.1 Å². The first kappa shape index (κ1) is 14.0. The van der Waals surface area contributed by atoms with Gasteiger partial charge in [0.05, 0.1) is 12.8 Å². The van der Waals surface area contributed by atoms with Crippen molar-refractivity contribution in [2.24, 2.45) is 5.73 Å². The molecule has 0 aliphatic heterocycles. The van der Waals surface area contributed by atoms with Crippen LogP contribution in [-0.2, 0) is 13.0 Å². The zero-order valence-corrected chi connectivity index (χ0v) is 12.0. The maximum atomic E-state index is 6.29. The van der Waals surface area contributed by atoms with Crippen LogP contribution in [0.1, 0.15) is 18.2 Å². The molecule has 0 aliphatic carbocycles. The van der Waals surface area contributed by atoms with Gasteiger partial charge in [-0.3, -0.25) is 0 Å². The Hall–Kier alpha value is -1.45. The summed E-state index contributed by atoms with van der Waals surface area (Å²) in [6.07, 6.45) is 2.48. The topological polar surface area (TPSA) is 42.4 Å². The molecule has 102 valence electrons. The van der Waals surface area contributed by atoms with E-state index in [-0.39, 0.29) is 6.04 Å². The van der Waals surface area contributed by atoms with Gasteiger partial charge in [0, 0.05) is 23.8 Å². The number of hydrogen-bond acceptors (Lipinski definition) is 3. The van der Waals surface area contributed by atoms with Gasteiger partial charge in [0.15, 0.2) is 0 Å². The van der Waals surface area contributed by atoms with Crippen LogP contribution in [0.15, 0.2) is 41.0 Å². The third-order valence-electron chi connectivity index (χ3n) is 2.99. The van der Waals surface area contributed by atoms with Crippen LogP contribution >= 0.6 is 11.6 Å². The molecule has 0 radical (unpaired) electrons. The summed E-state index contributed by atoms with van der Waals surface area (Å²) >= 11 is 6.29. The Labute approximate surface area is 119 Å². The predicted octanol–water partition coefficient (Wildman–Crippen LogP) is 3.46. The molecule has 1 unspecified atom stereocenters. The molecule has 3 nitrogen and oxygen atoms in total. The molecule has 1 aromatic heterocycles. The average molecular weight is 279 g/mol. The summed E-state index contributed by atoms with van der Waals surface area (Å²) in [7, 11) is 2.01. The van der Waals surface area contributed by atoms with E-state index in [1.165, 1.54) is 0 Å². The minimum Gasteiger partial charge on any atom is -0.467 e. The Balaban J connectivity index is 2.10. The molecule has 2 N–H and O–H groups in total. The van der Waals surface area contributed by atoms with Crippen molar-refractivity contribution in [1.29, 1.82) is 0 Å². The zero-order valence-electron chi connectivity index (χ0n) is 11.3. The minimum absolute atomic E-state index is 0.115. The molecule has 4 heteroatoms. The molecule has 0 fully saturated rings. The molecule has 1 aromatic carbocycles. The van der Waals surface area contributed by atoms with E-state index in [4.69, 9.17) is 21.8 Å². The Kier molecular flexibility index (Phi) is 4.51. The molecular formula is C15H19ClN2O. The lowest BCUT2D eigenvalue weighted by Gasteiger charge is -2.19. The van der Waals surface area contributed by atoms with Crippen LogP contribution in [0.5, 0.6) is 0 Å². The van der Waals surface area contributed by atoms with Crippen molar-refractivity contribution in [2.45, 2.75) is 25.9 Å². The lowest BCUT2D eigenvalue weighted by atomic mass is 10.1. The van der Waals surface area contributed by atoms with E-state index in [9.17, 15) is 0 Å². The lowest BCUT2D eigenvalue weighted by molar-refractivity contribution is 0.507. The van der Waals surface area contributed by atoms with Crippen LogP contribution in [0.4, 0.5) is 5.69 Å². The summed E-state index contributed by atoms with van der Waals surface area (Å²) in [5.74, 6) is 0.929. The Bertz CT molecular complexity index is 523. The van der Waals surface area contributed by atoms with Crippen LogP contribution in [0, 0.1) is 0 Å². The van der Waals surface area contributed by atoms with Gasteiger partial charge in [-0.2, -0.15) is 0 Å². The van der Waals surface area contributed by atoms with E-state index in [0.29, 0.717) is 0 Å². The first-order chi connectivity index (χ1) is 9.06. The van der Waals surface area contributed by atoms with Crippen molar-refractivity contribution in [2.75, 3.05) is 11.9 Å². The quantitative estimate of drug-likeness (QED) is 0.911. The first-order valence-electron chi connectivity index (χ1n) is 6.34. The fourth-order valence-corrected chi connectivity index (χ4v) is 2.27. The Morgan fingerprint density at radius 2 is 2.16 bits per heavy atom. The number of anilines is 1. The number of nitrogens with zero attached hydrogens (tertiary/aromatic N) is 1. The van der Waals surface area contributed by atoms with Gasteiger partial charge < -0.3 is 15.1 Å². The molecule has 0 spiro atoms. The van der Waals surface area contributed by atoms with Gasteiger partial charge >= 0.3 is 0 Å². The van der Waals surface area contributed by atoms with Gasteiger partial charge in [-0.15, -0.1) is 0 Å². The van der Waals surface area contributed by atoms with Gasteiger partial charge in [-0.1, -0.05) is 17.7 Å². The smallest absolute Gasteiger partial charge is 0.123 e. The fraction of sp³-hybridized carbons (Fsp3) is 0.333. The summed E-state index contributed by atoms with van der Waals surface area (Å²) in [4.78, 5) is 2.10. The molecule has 2 rings (SSSR count). The third kappa shape index (κ3) is 3.75. The summed E-state index contributed by atoms with van der Waals surface area (Å²) in [6, 6.07) is 10.0. The molecule has 2 aromatic rings. The molecule has 0 bridgehead atoms. The fourth-order valence-electron chi connectivity index (χ4n) is 2.01. The van der Waals surface area contributed by atoms with Crippen molar-refractivity contribution in [3.63, 3.8) is 0 Å². The standard InChI is InChI=1S/C15H19ClN2O/c1-11(17)8-12-5-6-13(9-15(12)16)18(2)10-14-4-3-7-19-14/h3-7,9,11H,8,10,17H2,1-2H3. The van der Waals surface area contributed by atoms with Crippen molar-refractivity contribution in [1.82, 2.24) is 0 Å². The second-order valence-corrected chi connectivity index (χ2v) is 5.30. The first-order valence-corrected chi connectivity index (χ1v) is 6.71. The largest absolute Gasteiger partial charge is 0.467 e. The van der Waals surface area contributed by atoms with E-state index in [1.54, 1.807) is 6.26 Å². The van der Waals surface area contributed by atoms with Crippen molar-refractivity contribution >= 4 is 17.3 Å². The summed E-state index contributed by atoms with van der Waals surface area (Å²) in [5.41, 5.74) is 7.95. The highest BCUT2D eigenvalue weighted by molar-refractivity contribution is 6.31. The van der Waals surface area contributed by atoms with Gasteiger partial charge in [-0.05, 0) is 43.2 Å². The molecule has 0 saturated carbocycles. The average Bonchev–Trinajstić information content (AvgIpc) is 2.84. The Morgan fingerprint density at radius 1 is 1.37 bits per heavy atom. The highest BCUT2D eigenvalue weighted by Crippen LogP contribution is 2.25. The number of halogens is 1. The summed E-state index contributed by atoms with van der Waals surface area (Å²) in [6.45, 7) is 2.70. The van der Waals surface area contributed by atoms with Crippen LogP contribution in [0.3, 0.4) is 0 Å². The molecule has 19 heavy (non-hydrogen) atoms. The highest BCUT2D eigenvalue weighted by Gasteiger charge is 2.08. The lowest BCUT2D eigenvalue weighted by Crippen LogP contribution is -2.19. The van der Waals surface area contributed by atoms with Crippen molar-refractivity contribution in [3.05, 3.63) is 52.9 Å². The van der Waals surface area contributed by atoms with E-state index < -0.39 is 0 Å². The zero-order chi connectivity index (χ0) is 13.8. The normalized spacial score (nSPS) is 12.4. The van der Waals surface area contributed by atoms with Gasteiger partial charge in [0.2, 0.25) is 0 Å². The van der Waals surface area contributed by atoms with Crippen LogP contribution in [0.2, 0.25) is 5.02 Å². The van der Waals surface area contributed by atoms with Crippen LogP contribution < -0.4 is 10.6 Å². The maximum Gasteiger partial charge on any atom is 0.123 e. The number of rotatable bonds is 5. The van der Waals surface area contributed by atoms with Crippen molar-refractivity contribution in [3.8, 4) is 0 Å². The highest BCUT2D eigenvalue weighted by atomic mass is 35.5. The summed E-state index contributed by atoms with van der Waals surface area (Å²) in [5, 5.41) is 0.765. The van der Waals surface area contributed by atoms with Gasteiger partial charge in [0.25, 0.3) is 0 Å². The Morgan fingerprint density at radius 3 is 2.74 bits per heavy atom. The second kappa shape index (κ2) is 6.13. The number of benzene rings is 1. The number of hydrogen-bond donors (Lipinski definition) is 1. The predicted molar refractivity (Wildman–Crippen MR) is 79.6 cm³/mol.